The molecule has 0 aromatic carbocycles. The van der Waals surface area contributed by atoms with Gasteiger partial charge in [-0.3, -0.25) is 4.90 Å². The number of thiophene rings is 1. The van der Waals surface area contributed by atoms with Gasteiger partial charge in [0.2, 0.25) is 0 Å². The van der Waals surface area contributed by atoms with Crippen molar-refractivity contribution in [2.75, 3.05) is 13.1 Å². The summed E-state index contributed by atoms with van der Waals surface area (Å²) in [5.41, 5.74) is 7.29. The molecule has 2 atom stereocenters. The van der Waals surface area contributed by atoms with Crippen LogP contribution in [0.2, 0.25) is 0 Å². The molecule has 2 heterocycles. The molecule has 0 spiro atoms. The van der Waals surface area contributed by atoms with Crippen LogP contribution < -0.4 is 5.73 Å². The highest BCUT2D eigenvalue weighted by Gasteiger charge is 2.26. The average molecular weight is 224 g/mol. The summed E-state index contributed by atoms with van der Waals surface area (Å²) in [5.74, 6) is 0. The second-order valence-electron chi connectivity index (χ2n) is 4.36. The van der Waals surface area contributed by atoms with E-state index in [1.54, 1.807) is 11.3 Å². The van der Waals surface area contributed by atoms with Crippen molar-refractivity contribution in [1.29, 1.82) is 0 Å². The molecule has 3 heteroatoms. The molecule has 2 N–H and O–H groups in total. The van der Waals surface area contributed by atoms with Crippen molar-refractivity contribution in [1.82, 2.24) is 4.90 Å². The quantitative estimate of drug-likeness (QED) is 0.855. The van der Waals surface area contributed by atoms with Gasteiger partial charge in [0.25, 0.3) is 0 Å². The molecule has 2 rings (SSSR count). The van der Waals surface area contributed by atoms with Crippen LogP contribution >= 0.6 is 11.3 Å². The Morgan fingerprint density at radius 3 is 3.13 bits per heavy atom. The molecule has 1 aliphatic heterocycles. The zero-order valence-electron chi connectivity index (χ0n) is 9.36. The topological polar surface area (TPSA) is 29.3 Å². The zero-order valence-corrected chi connectivity index (χ0v) is 10.2. The summed E-state index contributed by atoms with van der Waals surface area (Å²) in [6, 6.07) is 3.36. The first-order valence-electron chi connectivity index (χ1n) is 5.81. The SMILES string of the molecule is CC(c1ccsc1)N1CCCCC1CN. The fourth-order valence-corrected chi connectivity index (χ4v) is 3.24. The van der Waals surface area contributed by atoms with Gasteiger partial charge in [-0.1, -0.05) is 6.42 Å². The lowest BCUT2D eigenvalue weighted by Gasteiger charge is -2.39. The summed E-state index contributed by atoms with van der Waals surface area (Å²) in [4.78, 5) is 2.57. The monoisotopic (exact) mass is 224 g/mol. The van der Waals surface area contributed by atoms with E-state index in [4.69, 9.17) is 5.73 Å². The standard InChI is InChI=1S/C12H20N2S/c1-10(11-5-7-15-9-11)14-6-3-2-4-12(14)8-13/h5,7,9-10,12H,2-4,6,8,13H2,1H3. The van der Waals surface area contributed by atoms with Crippen LogP contribution in [0.25, 0.3) is 0 Å². The van der Waals surface area contributed by atoms with E-state index in [2.05, 4.69) is 28.7 Å². The molecule has 1 aromatic heterocycles. The van der Waals surface area contributed by atoms with Crippen LogP contribution in [0.4, 0.5) is 0 Å². The van der Waals surface area contributed by atoms with Gasteiger partial charge in [-0.25, -0.2) is 0 Å². The fraction of sp³-hybridized carbons (Fsp3) is 0.667. The van der Waals surface area contributed by atoms with E-state index in [9.17, 15) is 0 Å². The lowest BCUT2D eigenvalue weighted by atomic mass is 9.98. The largest absolute Gasteiger partial charge is 0.329 e. The molecular weight excluding hydrogens is 204 g/mol. The third-order valence-corrected chi connectivity index (χ3v) is 4.17. The normalized spacial score (nSPS) is 25.3. The summed E-state index contributed by atoms with van der Waals surface area (Å²) in [6.45, 7) is 4.31. The summed E-state index contributed by atoms with van der Waals surface area (Å²) < 4.78 is 0. The van der Waals surface area contributed by atoms with Crippen LogP contribution in [0.15, 0.2) is 16.8 Å². The van der Waals surface area contributed by atoms with E-state index in [1.807, 2.05) is 0 Å². The van der Waals surface area contributed by atoms with E-state index in [-0.39, 0.29) is 0 Å². The third-order valence-electron chi connectivity index (χ3n) is 3.47. The first-order valence-corrected chi connectivity index (χ1v) is 6.75. The molecule has 0 amide bonds. The number of piperidine rings is 1. The number of rotatable bonds is 3. The van der Waals surface area contributed by atoms with Gasteiger partial charge in [0.1, 0.15) is 0 Å². The second kappa shape index (κ2) is 5.10. The lowest BCUT2D eigenvalue weighted by Crippen LogP contribution is -2.45. The average Bonchev–Trinajstić information content (AvgIpc) is 2.81. The molecule has 84 valence electrons. The summed E-state index contributed by atoms with van der Waals surface area (Å²) >= 11 is 1.78. The highest BCUT2D eigenvalue weighted by molar-refractivity contribution is 7.07. The zero-order chi connectivity index (χ0) is 10.7. The maximum absolute atomic E-state index is 5.85. The lowest BCUT2D eigenvalue weighted by molar-refractivity contribution is 0.108. The van der Waals surface area contributed by atoms with Gasteiger partial charge in [0, 0.05) is 18.6 Å². The van der Waals surface area contributed by atoms with Crippen LogP contribution in [-0.2, 0) is 0 Å². The van der Waals surface area contributed by atoms with E-state index in [1.165, 1.54) is 31.4 Å². The Bertz CT molecular complexity index is 284. The number of hydrogen-bond donors (Lipinski definition) is 1. The molecule has 1 saturated heterocycles. The number of hydrogen-bond acceptors (Lipinski definition) is 3. The predicted octanol–water partition coefficient (Wildman–Crippen LogP) is 2.62. The van der Waals surface area contributed by atoms with Crippen molar-refractivity contribution in [3.63, 3.8) is 0 Å². The first-order chi connectivity index (χ1) is 7.33. The van der Waals surface area contributed by atoms with Gasteiger partial charge in [-0.15, -0.1) is 0 Å². The van der Waals surface area contributed by atoms with Crippen LogP contribution in [0.1, 0.15) is 37.8 Å². The second-order valence-corrected chi connectivity index (χ2v) is 5.14. The Labute approximate surface area is 96.1 Å². The fourth-order valence-electron chi connectivity index (χ4n) is 2.49. The molecule has 1 fully saturated rings. The van der Waals surface area contributed by atoms with E-state index < -0.39 is 0 Å². The smallest absolute Gasteiger partial charge is 0.0331 e. The van der Waals surface area contributed by atoms with Crippen molar-refractivity contribution >= 4 is 11.3 Å². The van der Waals surface area contributed by atoms with Gasteiger partial charge >= 0.3 is 0 Å². The number of nitrogens with two attached hydrogens (primary N) is 1. The van der Waals surface area contributed by atoms with Crippen LogP contribution in [0.3, 0.4) is 0 Å². The van der Waals surface area contributed by atoms with Gasteiger partial charge in [-0.2, -0.15) is 11.3 Å². The van der Waals surface area contributed by atoms with Crippen molar-refractivity contribution in [2.45, 2.75) is 38.3 Å². The highest BCUT2D eigenvalue weighted by atomic mass is 32.1. The maximum atomic E-state index is 5.85. The van der Waals surface area contributed by atoms with Crippen molar-refractivity contribution < 1.29 is 0 Å². The van der Waals surface area contributed by atoms with Crippen molar-refractivity contribution in [3.8, 4) is 0 Å². The van der Waals surface area contributed by atoms with Gasteiger partial charge in [0.15, 0.2) is 0 Å². The molecule has 0 bridgehead atoms. The van der Waals surface area contributed by atoms with Gasteiger partial charge in [0.05, 0.1) is 0 Å². The Morgan fingerprint density at radius 1 is 1.60 bits per heavy atom. The molecular formula is C12H20N2S. The number of nitrogens with zero attached hydrogens (tertiary/aromatic N) is 1. The van der Waals surface area contributed by atoms with Crippen LogP contribution in [-0.4, -0.2) is 24.0 Å². The van der Waals surface area contributed by atoms with Crippen LogP contribution in [0, 0.1) is 0 Å². The summed E-state index contributed by atoms with van der Waals surface area (Å²) in [7, 11) is 0. The Hall–Kier alpha value is -0.380. The third kappa shape index (κ3) is 2.41. The molecule has 2 nitrogen and oxygen atoms in total. The maximum Gasteiger partial charge on any atom is 0.0331 e. The summed E-state index contributed by atoms with van der Waals surface area (Å²) in [5, 5.41) is 4.42. The van der Waals surface area contributed by atoms with Gasteiger partial charge in [-0.05, 0) is 48.7 Å². The molecule has 15 heavy (non-hydrogen) atoms. The van der Waals surface area contributed by atoms with Crippen LogP contribution in [0.5, 0.6) is 0 Å². The molecule has 0 aliphatic carbocycles. The minimum atomic E-state index is 0.532. The van der Waals surface area contributed by atoms with E-state index >= 15 is 0 Å². The summed E-state index contributed by atoms with van der Waals surface area (Å²) in [6.07, 6.45) is 3.94. The van der Waals surface area contributed by atoms with Crippen molar-refractivity contribution in [3.05, 3.63) is 22.4 Å². The molecule has 1 aliphatic rings. The number of likely N-dealkylation sites (tertiary alicyclic amines) is 1. The highest BCUT2D eigenvalue weighted by Crippen LogP contribution is 2.28. The Morgan fingerprint density at radius 2 is 2.47 bits per heavy atom. The Balaban J connectivity index is 2.07. The molecule has 0 saturated carbocycles. The van der Waals surface area contributed by atoms with Crippen molar-refractivity contribution in [2.24, 2.45) is 5.73 Å². The first kappa shape index (κ1) is 11.1. The minimum absolute atomic E-state index is 0.532. The molecule has 2 unspecified atom stereocenters. The molecule has 1 aromatic rings. The van der Waals surface area contributed by atoms with E-state index in [0.717, 1.165) is 6.54 Å². The molecule has 0 radical (unpaired) electrons. The predicted molar refractivity (Wildman–Crippen MR) is 66.1 cm³/mol. The van der Waals surface area contributed by atoms with Gasteiger partial charge < -0.3 is 5.73 Å². The van der Waals surface area contributed by atoms with E-state index in [0.29, 0.717) is 12.1 Å². The Kier molecular flexibility index (Phi) is 3.78. The minimum Gasteiger partial charge on any atom is -0.329 e.